The second-order valence-corrected chi connectivity index (χ2v) is 8.83. The quantitative estimate of drug-likeness (QED) is 0.626. The van der Waals surface area contributed by atoms with Crippen molar-refractivity contribution in [3.63, 3.8) is 0 Å². The molecule has 2 aromatic heterocycles. The second-order valence-electron chi connectivity index (χ2n) is 8.40. The Bertz CT molecular complexity index is 1140. The number of rotatable bonds is 3. The maximum Gasteiger partial charge on any atom is 0.260 e. The van der Waals surface area contributed by atoms with Crippen molar-refractivity contribution in [1.82, 2.24) is 24.6 Å². The lowest BCUT2D eigenvalue weighted by molar-refractivity contribution is -0.139. The normalized spacial score (nSPS) is 21.4. The Labute approximate surface area is 185 Å². The van der Waals surface area contributed by atoms with Crippen LogP contribution in [0.25, 0.3) is 5.69 Å². The molecule has 6 rings (SSSR count). The molecule has 7 nitrogen and oxygen atoms in total. The van der Waals surface area contributed by atoms with E-state index in [4.69, 9.17) is 21.1 Å². The van der Waals surface area contributed by atoms with Crippen LogP contribution in [0.1, 0.15) is 35.2 Å². The highest BCUT2D eigenvalue weighted by atomic mass is 35.5. The number of ether oxygens (including phenoxy) is 2. The lowest BCUT2D eigenvalue weighted by Gasteiger charge is -2.25. The lowest BCUT2D eigenvalue weighted by atomic mass is 10.0. The van der Waals surface area contributed by atoms with Crippen LogP contribution in [-0.2, 0) is 28.9 Å². The average Bonchev–Trinajstić information content (AvgIpc) is 3.49. The molecule has 1 atom stereocenters. The SMILES string of the molecule is Clc1ccc2c(c1)CC1(Cc3nnc(C4CCN(Cc5ccccn5)C4)n3-2)OC=CO1. The third-order valence-electron chi connectivity index (χ3n) is 6.30. The van der Waals surface area contributed by atoms with Gasteiger partial charge in [0.05, 0.1) is 24.2 Å². The van der Waals surface area contributed by atoms with E-state index in [-0.39, 0.29) is 0 Å². The Morgan fingerprint density at radius 1 is 1.10 bits per heavy atom. The molecule has 31 heavy (non-hydrogen) atoms. The number of halogens is 1. The average molecular weight is 436 g/mol. The van der Waals surface area contributed by atoms with Gasteiger partial charge in [0, 0.05) is 30.2 Å². The van der Waals surface area contributed by atoms with Crippen molar-refractivity contribution < 1.29 is 9.47 Å². The van der Waals surface area contributed by atoms with Gasteiger partial charge in [0.2, 0.25) is 0 Å². The summed E-state index contributed by atoms with van der Waals surface area (Å²) in [5.41, 5.74) is 3.21. The van der Waals surface area contributed by atoms with Crippen molar-refractivity contribution >= 4 is 11.6 Å². The van der Waals surface area contributed by atoms with E-state index in [9.17, 15) is 0 Å². The van der Waals surface area contributed by atoms with E-state index in [1.54, 1.807) is 12.5 Å². The lowest BCUT2D eigenvalue weighted by Crippen LogP contribution is -2.35. The summed E-state index contributed by atoms with van der Waals surface area (Å²) in [6.07, 6.45) is 7.20. The molecule has 0 amide bonds. The number of fused-ring (bicyclic) bond motifs is 3. The zero-order chi connectivity index (χ0) is 20.8. The molecule has 1 saturated heterocycles. The van der Waals surface area contributed by atoms with E-state index in [0.717, 1.165) is 54.6 Å². The zero-order valence-electron chi connectivity index (χ0n) is 16.9. The molecule has 0 saturated carbocycles. The van der Waals surface area contributed by atoms with Crippen LogP contribution >= 0.6 is 11.6 Å². The van der Waals surface area contributed by atoms with Gasteiger partial charge in [-0.05, 0) is 48.9 Å². The predicted octanol–water partition coefficient (Wildman–Crippen LogP) is 3.62. The zero-order valence-corrected chi connectivity index (χ0v) is 17.7. The molecule has 8 heteroatoms. The summed E-state index contributed by atoms with van der Waals surface area (Å²) in [5, 5.41) is 9.91. The van der Waals surface area contributed by atoms with Gasteiger partial charge >= 0.3 is 0 Å². The molecule has 3 aromatic rings. The number of hydrogen-bond donors (Lipinski definition) is 0. The molecule has 1 spiro atoms. The summed E-state index contributed by atoms with van der Waals surface area (Å²) >= 11 is 6.34. The molecule has 158 valence electrons. The van der Waals surface area contributed by atoms with E-state index in [0.29, 0.717) is 23.8 Å². The highest BCUT2D eigenvalue weighted by molar-refractivity contribution is 6.30. The minimum Gasteiger partial charge on any atom is -0.456 e. The Kier molecular flexibility index (Phi) is 4.47. The minimum absolute atomic E-state index is 0.297. The summed E-state index contributed by atoms with van der Waals surface area (Å²) in [6.45, 7) is 2.79. The van der Waals surface area contributed by atoms with Gasteiger partial charge in [-0.15, -0.1) is 10.2 Å². The smallest absolute Gasteiger partial charge is 0.260 e. The number of benzene rings is 1. The number of nitrogens with zero attached hydrogens (tertiary/aromatic N) is 5. The van der Waals surface area contributed by atoms with Crippen molar-refractivity contribution in [2.45, 2.75) is 37.5 Å². The van der Waals surface area contributed by atoms with Crippen LogP contribution in [0.4, 0.5) is 0 Å². The van der Waals surface area contributed by atoms with Gasteiger partial charge in [0.25, 0.3) is 5.79 Å². The Balaban J connectivity index is 1.34. The molecule has 0 bridgehead atoms. The molecule has 5 heterocycles. The molecule has 3 aliphatic heterocycles. The standard InChI is InChI=1S/C23H22ClN5O2/c24-18-4-5-20-17(11-18)12-23(30-9-10-31-23)13-21-26-27-22(29(20)21)16-6-8-28(14-16)15-19-3-1-2-7-25-19/h1-5,7,9-11,16H,6,8,12-15H2. The van der Waals surface area contributed by atoms with Crippen molar-refractivity contribution in [2.24, 2.45) is 0 Å². The fourth-order valence-electron chi connectivity index (χ4n) is 4.88. The summed E-state index contributed by atoms with van der Waals surface area (Å²) in [6, 6.07) is 12.0. The third kappa shape index (κ3) is 3.38. The van der Waals surface area contributed by atoms with Crippen molar-refractivity contribution in [2.75, 3.05) is 13.1 Å². The summed E-state index contributed by atoms with van der Waals surface area (Å²) in [4.78, 5) is 6.90. The maximum atomic E-state index is 6.34. The van der Waals surface area contributed by atoms with Gasteiger partial charge in [-0.1, -0.05) is 17.7 Å². The van der Waals surface area contributed by atoms with Gasteiger partial charge in [-0.2, -0.15) is 0 Å². The molecular formula is C23H22ClN5O2. The van der Waals surface area contributed by atoms with E-state index in [2.05, 4.69) is 36.8 Å². The van der Waals surface area contributed by atoms with Crippen LogP contribution in [-0.4, -0.2) is 43.5 Å². The first-order chi connectivity index (χ1) is 15.2. The first kappa shape index (κ1) is 18.8. The first-order valence-corrected chi connectivity index (χ1v) is 10.9. The van der Waals surface area contributed by atoms with Crippen molar-refractivity contribution in [3.05, 3.63) is 83.0 Å². The van der Waals surface area contributed by atoms with Crippen LogP contribution in [0.5, 0.6) is 0 Å². The van der Waals surface area contributed by atoms with Gasteiger partial charge in [0.1, 0.15) is 24.2 Å². The van der Waals surface area contributed by atoms with E-state index in [1.807, 2.05) is 30.5 Å². The topological polar surface area (TPSA) is 65.3 Å². The van der Waals surface area contributed by atoms with Crippen LogP contribution in [0.3, 0.4) is 0 Å². The predicted molar refractivity (Wildman–Crippen MR) is 115 cm³/mol. The fraction of sp³-hybridized carbons (Fsp3) is 0.348. The number of hydrogen-bond acceptors (Lipinski definition) is 6. The highest BCUT2D eigenvalue weighted by Crippen LogP contribution is 2.38. The fourth-order valence-corrected chi connectivity index (χ4v) is 5.08. The van der Waals surface area contributed by atoms with Crippen LogP contribution < -0.4 is 0 Å². The monoisotopic (exact) mass is 435 g/mol. The molecule has 0 radical (unpaired) electrons. The number of aromatic nitrogens is 4. The van der Waals surface area contributed by atoms with Gasteiger partial charge in [0.15, 0.2) is 0 Å². The van der Waals surface area contributed by atoms with Crippen LogP contribution in [0.15, 0.2) is 55.1 Å². The van der Waals surface area contributed by atoms with E-state index < -0.39 is 5.79 Å². The minimum atomic E-state index is -0.793. The molecule has 3 aliphatic rings. The van der Waals surface area contributed by atoms with Crippen LogP contribution in [0.2, 0.25) is 5.02 Å². The summed E-state index contributed by atoms with van der Waals surface area (Å²) in [5.74, 6) is 1.35. The molecular weight excluding hydrogens is 414 g/mol. The van der Waals surface area contributed by atoms with E-state index in [1.165, 1.54) is 0 Å². The Morgan fingerprint density at radius 3 is 2.84 bits per heavy atom. The Morgan fingerprint density at radius 2 is 2.00 bits per heavy atom. The number of pyridine rings is 1. The Hall–Kier alpha value is -2.90. The molecule has 0 N–H and O–H groups in total. The maximum absolute atomic E-state index is 6.34. The molecule has 0 aliphatic carbocycles. The van der Waals surface area contributed by atoms with Crippen molar-refractivity contribution in [1.29, 1.82) is 0 Å². The third-order valence-corrected chi connectivity index (χ3v) is 6.53. The van der Waals surface area contributed by atoms with Gasteiger partial charge in [-0.3, -0.25) is 14.5 Å². The van der Waals surface area contributed by atoms with Gasteiger partial charge < -0.3 is 9.47 Å². The number of likely N-dealkylation sites (tertiary alicyclic amines) is 1. The van der Waals surface area contributed by atoms with E-state index >= 15 is 0 Å². The molecule has 1 unspecified atom stereocenters. The summed E-state index contributed by atoms with van der Waals surface area (Å²) < 4.78 is 14.0. The van der Waals surface area contributed by atoms with Crippen LogP contribution in [0, 0.1) is 0 Å². The summed E-state index contributed by atoms with van der Waals surface area (Å²) in [7, 11) is 0. The van der Waals surface area contributed by atoms with Gasteiger partial charge in [-0.25, -0.2) is 0 Å². The molecule has 1 aromatic carbocycles. The highest BCUT2D eigenvalue weighted by Gasteiger charge is 2.43. The molecule has 1 fully saturated rings. The van der Waals surface area contributed by atoms with Crippen molar-refractivity contribution in [3.8, 4) is 5.69 Å². The largest absolute Gasteiger partial charge is 0.456 e. The first-order valence-electron chi connectivity index (χ1n) is 10.6. The second kappa shape index (κ2) is 7.35.